The molecule has 176 valence electrons. The molecule has 1 N–H and O–H groups in total. The number of hydrogen-bond acceptors (Lipinski definition) is 5. The first kappa shape index (κ1) is 23.1. The third kappa shape index (κ3) is 4.64. The van der Waals surface area contributed by atoms with Crippen molar-refractivity contribution in [2.24, 2.45) is 5.92 Å². The lowest BCUT2D eigenvalue weighted by Gasteiger charge is -2.41. The number of carbonyl (C=O) groups is 2. The minimum Gasteiger partial charge on any atom is -0.378 e. The number of rotatable bonds is 8. The predicted molar refractivity (Wildman–Crippen MR) is 126 cm³/mol. The standard InChI is InChI=1S/C25H38N4O3/c1-4-13-25(23(30)29(24(31)26-25)18-22-6-5-16-32-22)20-11-14-28(15-12-20)17-19-7-9-21(10-8-19)27(2)3/h7-10,20,22H,4-6,11-18H2,1-3H3,(H,26,31)/t22-,25-/m0/s1. The first-order valence-electron chi connectivity index (χ1n) is 12.2. The summed E-state index contributed by atoms with van der Waals surface area (Å²) in [6.45, 7) is 6.02. The van der Waals surface area contributed by atoms with E-state index in [1.54, 1.807) is 0 Å². The van der Waals surface area contributed by atoms with E-state index in [2.05, 4.69) is 60.4 Å². The Kier molecular flexibility index (Phi) is 7.05. The summed E-state index contributed by atoms with van der Waals surface area (Å²) in [5.74, 6) is 0.151. The molecule has 3 heterocycles. The van der Waals surface area contributed by atoms with Crippen LogP contribution in [0.5, 0.6) is 0 Å². The third-order valence-corrected chi connectivity index (χ3v) is 7.40. The second-order valence-electron chi connectivity index (χ2n) is 9.81. The van der Waals surface area contributed by atoms with Crippen molar-refractivity contribution >= 4 is 17.6 Å². The van der Waals surface area contributed by atoms with Gasteiger partial charge in [-0.25, -0.2) is 4.79 Å². The van der Waals surface area contributed by atoms with E-state index < -0.39 is 5.54 Å². The van der Waals surface area contributed by atoms with Crippen LogP contribution >= 0.6 is 0 Å². The van der Waals surface area contributed by atoms with Crippen molar-refractivity contribution in [2.75, 3.05) is 45.2 Å². The number of urea groups is 1. The van der Waals surface area contributed by atoms with Crippen molar-refractivity contribution in [1.29, 1.82) is 0 Å². The van der Waals surface area contributed by atoms with Crippen LogP contribution in [0.15, 0.2) is 24.3 Å². The van der Waals surface area contributed by atoms with Crippen LogP contribution < -0.4 is 10.2 Å². The largest absolute Gasteiger partial charge is 0.378 e. The quantitative estimate of drug-likeness (QED) is 0.626. The van der Waals surface area contributed by atoms with Crippen LogP contribution in [0, 0.1) is 5.92 Å². The maximum absolute atomic E-state index is 13.5. The van der Waals surface area contributed by atoms with Crippen LogP contribution in [-0.2, 0) is 16.1 Å². The number of ether oxygens (including phenoxy) is 1. The lowest BCUT2D eigenvalue weighted by molar-refractivity contribution is -0.135. The Morgan fingerprint density at radius 3 is 2.44 bits per heavy atom. The molecule has 3 amide bonds. The average Bonchev–Trinajstić information content (AvgIpc) is 3.38. The molecule has 0 unspecified atom stereocenters. The van der Waals surface area contributed by atoms with E-state index in [-0.39, 0.29) is 24.0 Å². The lowest BCUT2D eigenvalue weighted by Crippen LogP contribution is -2.56. The Bertz CT molecular complexity index is 798. The molecule has 0 aromatic heterocycles. The summed E-state index contributed by atoms with van der Waals surface area (Å²) >= 11 is 0. The smallest absolute Gasteiger partial charge is 0.325 e. The van der Waals surface area contributed by atoms with Gasteiger partial charge >= 0.3 is 6.03 Å². The molecule has 3 saturated heterocycles. The number of piperidine rings is 1. The molecule has 0 aliphatic carbocycles. The maximum Gasteiger partial charge on any atom is 0.325 e. The average molecular weight is 443 g/mol. The third-order valence-electron chi connectivity index (χ3n) is 7.40. The van der Waals surface area contributed by atoms with E-state index >= 15 is 0 Å². The van der Waals surface area contributed by atoms with Crippen molar-refractivity contribution in [2.45, 2.75) is 63.6 Å². The Hall–Kier alpha value is -2.12. The summed E-state index contributed by atoms with van der Waals surface area (Å²) in [6.07, 6.45) is 5.35. The molecule has 0 saturated carbocycles. The van der Waals surface area contributed by atoms with Gasteiger partial charge in [-0.2, -0.15) is 0 Å². The molecule has 3 aliphatic rings. The minimum atomic E-state index is -0.746. The van der Waals surface area contributed by atoms with Gasteiger partial charge in [0.25, 0.3) is 5.91 Å². The molecule has 3 aliphatic heterocycles. The Morgan fingerprint density at radius 2 is 1.84 bits per heavy atom. The van der Waals surface area contributed by atoms with E-state index in [1.807, 2.05) is 0 Å². The molecular formula is C25H38N4O3. The molecule has 1 aromatic carbocycles. The van der Waals surface area contributed by atoms with Crippen molar-refractivity contribution in [3.63, 3.8) is 0 Å². The van der Waals surface area contributed by atoms with Crippen molar-refractivity contribution < 1.29 is 14.3 Å². The Balaban J connectivity index is 1.38. The number of carbonyl (C=O) groups excluding carboxylic acids is 2. The fourth-order valence-electron chi connectivity index (χ4n) is 5.59. The lowest BCUT2D eigenvalue weighted by atomic mass is 9.74. The number of hydrogen-bond donors (Lipinski definition) is 1. The number of anilines is 1. The summed E-state index contributed by atoms with van der Waals surface area (Å²) < 4.78 is 5.69. The van der Waals surface area contributed by atoms with E-state index in [9.17, 15) is 9.59 Å². The van der Waals surface area contributed by atoms with E-state index in [0.29, 0.717) is 13.0 Å². The van der Waals surface area contributed by atoms with Gasteiger partial charge in [0.1, 0.15) is 5.54 Å². The first-order chi connectivity index (χ1) is 15.4. The molecule has 32 heavy (non-hydrogen) atoms. The van der Waals surface area contributed by atoms with E-state index in [1.165, 1.54) is 16.2 Å². The van der Waals surface area contributed by atoms with Crippen LogP contribution in [0.3, 0.4) is 0 Å². The molecule has 4 rings (SSSR count). The molecule has 0 bridgehead atoms. The molecule has 7 nitrogen and oxygen atoms in total. The maximum atomic E-state index is 13.5. The number of nitrogens with zero attached hydrogens (tertiary/aromatic N) is 3. The number of imide groups is 1. The van der Waals surface area contributed by atoms with Crippen LogP contribution in [0.4, 0.5) is 10.5 Å². The molecule has 3 fully saturated rings. The molecule has 2 atom stereocenters. The SMILES string of the molecule is CCC[C@@]1(C2CCN(Cc3ccc(N(C)C)cc3)CC2)NC(=O)N(C[C@@H]2CCCO2)C1=O. The van der Waals surface area contributed by atoms with Gasteiger partial charge in [-0.15, -0.1) is 0 Å². The normalized spacial score (nSPS) is 27.2. The number of nitrogens with one attached hydrogen (secondary N) is 1. The van der Waals surface area contributed by atoms with Gasteiger partial charge in [0, 0.05) is 32.9 Å². The summed E-state index contributed by atoms with van der Waals surface area (Å²) in [6, 6.07) is 8.48. The zero-order valence-electron chi connectivity index (χ0n) is 19.8. The number of amides is 3. The van der Waals surface area contributed by atoms with Crippen molar-refractivity contribution in [3.8, 4) is 0 Å². The highest BCUT2D eigenvalue weighted by molar-refractivity contribution is 6.07. The summed E-state index contributed by atoms with van der Waals surface area (Å²) in [7, 11) is 4.11. The van der Waals surface area contributed by atoms with Gasteiger partial charge in [-0.05, 0) is 68.8 Å². The molecule has 7 heteroatoms. The van der Waals surface area contributed by atoms with Gasteiger partial charge in [0.05, 0.1) is 12.6 Å². The summed E-state index contributed by atoms with van der Waals surface area (Å²) in [5, 5.41) is 3.15. The number of likely N-dealkylation sites (tertiary alicyclic amines) is 1. The highest BCUT2D eigenvalue weighted by Crippen LogP contribution is 2.37. The van der Waals surface area contributed by atoms with Crippen molar-refractivity contribution in [1.82, 2.24) is 15.1 Å². The highest BCUT2D eigenvalue weighted by Gasteiger charge is 2.55. The zero-order chi connectivity index (χ0) is 22.7. The van der Waals surface area contributed by atoms with Gasteiger partial charge < -0.3 is 15.0 Å². The Labute approximate surface area is 192 Å². The second kappa shape index (κ2) is 9.79. The summed E-state index contributed by atoms with van der Waals surface area (Å²) in [5.41, 5.74) is 1.77. The van der Waals surface area contributed by atoms with Gasteiger partial charge in [0.2, 0.25) is 0 Å². The van der Waals surface area contributed by atoms with Crippen LogP contribution in [0.2, 0.25) is 0 Å². The number of benzene rings is 1. The molecule has 0 spiro atoms. The second-order valence-corrected chi connectivity index (χ2v) is 9.81. The fraction of sp³-hybridized carbons (Fsp3) is 0.680. The molecule has 1 aromatic rings. The molecular weight excluding hydrogens is 404 g/mol. The monoisotopic (exact) mass is 442 g/mol. The fourth-order valence-corrected chi connectivity index (χ4v) is 5.59. The first-order valence-corrected chi connectivity index (χ1v) is 12.2. The Morgan fingerprint density at radius 1 is 1.12 bits per heavy atom. The van der Waals surface area contributed by atoms with Crippen LogP contribution in [0.1, 0.15) is 51.0 Å². The van der Waals surface area contributed by atoms with Crippen molar-refractivity contribution in [3.05, 3.63) is 29.8 Å². The van der Waals surface area contributed by atoms with Gasteiger partial charge in [-0.3, -0.25) is 14.6 Å². The van der Waals surface area contributed by atoms with Crippen LogP contribution in [-0.4, -0.2) is 73.7 Å². The van der Waals surface area contributed by atoms with E-state index in [0.717, 1.165) is 58.3 Å². The highest BCUT2D eigenvalue weighted by atomic mass is 16.5. The summed E-state index contributed by atoms with van der Waals surface area (Å²) in [4.78, 5) is 32.4. The van der Waals surface area contributed by atoms with E-state index in [4.69, 9.17) is 4.74 Å². The van der Waals surface area contributed by atoms with Crippen LogP contribution in [0.25, 0.3) is 0 Å². The van der Waals surface area contributed by atoms with Gasteiger partial charge in [-0.1, -0.05) is 25.5 Å². The van der Waals surface area contributed by atoms with Gasteiger partial charge in [0.15, 0.2) is 0 Å². The minimum absolute atomic E-state index is 0.0112. The predicted octanol–water partition coefficient (Wildman–Crippen LogP) is 3.23. The zero-order valence-corrected chi connectivity index (χ0v) is 19.8. The molecule has 0 radical (unpaired) electrons. The topological polar surface area (TPSA) is 65.1 Å².